The van der Waals surface area contributed by atoms with Gasteiger partial charge in [-0.1, -0.05) is 19.9 Å². The van der Waals surface area contributed by atoms with Crippen LogP contribution in [0.4, 0.5) is 5.69 Å². The third-order valence-electron chi connectivity index (χ3n) is 4.00. The molecular formula is C17H29Cl2N3O. The number of rotatable bonds is 4. The highest BCUT2D eigenvalue weighted by molar-refractivity contribution is 5.95. The summed E-state index contributed by atoms with van der Waals surface area (Å²) in [7, 11) is 0. The topological polar surface area (TPSA) is 58.4 Å². The van der Waals surface area contributed by atoms with E-state index >= 15 is 0 Å². The molecule has 1 aromatic rings. The maximum Gasteiger partial charge on any atom is 0.251 e. The van der Waals surface area contributed by atoms with Crippen molar-refractivity contribution in [1.82, 2.24) is 10.2 Å². The first-order valence-corrected chi connectivity index (χ1v) is 7.82. The minimum atomic E-state index is -0.0482. The van der Waals surface area contributed by atoms with Crippen LogP contribution in [0.2, 0.25) is 0 Å². The van der Waals surface area contributed by atoms with Crippen molar-refractivity contribution >= 4 is 36.4 Å². The van der Waals surface area contributed by atoms with Gasteiger partial charge >= 0.3 is 0 Å². The predicted octanol–water partition coefficient (Wildman–Crippen LogP) is 3.21. The molecule has 3 atom stereocenters. The van der Waals surface area contributed by atoms with Gasteiger partial charge in [-0.2, -0.15) is 0 Å². The molecule has 1 amide bonds. The number of amides is 1. The molecule has 3 N–H and O–H groups in total. The Morgan fingerprint density at radius 2 is 1.91 bits per heavy atom. The van der Waals surface area contributed by atoms with Crippen LogP contribution >= 0.6 is 24.8 Å². The first-order valence-electron chi connectivity index (χ1n) is 7.82. The highest BCUT2D eigenvalue weighted by atomic mass is 35.5. The summed E-state index contributed by atoms with van der Waals surface area (Å²) in [6.07, 6.45) is 1.31. The summed E-state index contributed by atoms with van der Waals surface area (Å²) >= 11 is 0. The number of hydrogen-bond acceptors (Lipinski definition) is 3. The fourth-order valence-electron chi connectivity index (χ4n) is 3.36. The lowest BCUT2D eigenvalue weighted by atomic mass is 9.92. The number of anilines is 1. The number of hydrogen-bond donors (Lipinski definition) is 2. The zero-order valence-corrected chi connectivity index (χ0v) is 15.8. The van der Waals surface area contributed by atoms with Crippen molar-refractivity contribution in [3.8, 4) is 0 Å². The third kappa shape index (κ3) is 6.98. The summed E-state index contributed by atoms with van der Waals surface area (Å²) in [5, 5.41) is 3.06. The average molecular weight is 362 g/mol. The van der Waals surface area contributed by atoms with Gasteiger partial charge in [-0.15, -0.1) is 24.8 Å². The van der Waals surface area contributed by atoms with Crippen LogP contribution in [0.1, 0.15) is 37.6 Å². The molecule has 1 saturated heterocycles. The summed E-state index contributed by atoms with van der Waals surface area (Å²) in [4.78, 5) is 14.7. The molecule has 0 radical (unpaired) electrons. The smallest absolute Gasteiger partial charge is 0.251 e. The zero-order chi connectivity index (χ0) is 15.4. The summed E-state index contributed by atoms with van der Waals surface area (Å²) < 4.78 is 0. The standard InChI is InChI=1S/C17H27N3O.2ClH/c1-12-7-13(2)10-20(9-12)11-14(3)19-17(21)15-5-4-6-16(18)8-15;;/h4-6,8,12-14H,7,9-11,18H2,1-3H3,(H,19,21);2*1H. The highest BCUT2D eigenvalue weighted by Gasteiger charge is 2.23. The van der Waals surface area contributed by atoms with E-state index in [1.54, 1.807) is 18.2 Å². The third-order valence-corrected chi connectivity index (χ3v) is 4.00. The molecule has 0 aromatic heterocycles. The van der Waals surface area contributed by atoms with Crippen LogP contribution in [0.5, 0.6) is 0 Å². The summed E-state index contributed by atoms with van der Waals surface area (Å²) in [6.45, 7) is 9.83. The van der Waals surface area contributed by atoms with Gasteiger partial charge in [-0.25, -0.2) is 0 Å². The lowest BCUT2D eigenvalue weighted by Gasteiger charge is -2.36. The minimum Gasteiger partial charge on any atom is -0.399 e. The van der Waals surface area contributed by atoms with Gasteiger partial charge in [0.1, 0.15) is 0 Å². The van der Waals surface area contributed by atoms with Gasteiger partial charge in [0, 0.05) is 36.9 Å². The summed E-state index contributed by atoms with van der Waals surface area (Å²) in [6, 6.07) is 7.24. The van der Waals surface area contributed by atoms with Crippen LogP contribution < -0.4 is 11.1 Å². The fraction of sp³-hybridized carbons (Fsp3) is 0.588. The van der Waals surface area contributed by atoms with Gasteiger partial charge in [-0.3, -0.25) is 4.79 Å². The van der Waals surface area contributed by atoms with Gasteiger partial charge in [0.15, 0.2) is 0 Å². The molecule has 0 aliphatic carbocycles. The number of likely N-dealkylation sites (tertiary alicyclic amines) is 1. The second-order valence-corrected chi connectivity index (χ2v) is 6.66. The molecule has 0 saturated carbocycles. The van der Waals surface area contributed by atoms with Crippen LogP contribution in [0.25, 0.3) is 0 Å². The Hall–Kier alpha value is -0.970. The molecule has 0 spiro atoms. The van der Waals surface area contributed by atoms with E-state index in [1.165, 1.54) is 6.42 Å². The highest BCUT2D eigenvalue weighted by Crippen LogP contribution is 2.20. The van der Waals surface area contributed by atoms with E-state index in [-0.39, 0.29) is 36.8 Å². The maximum atomic E-state index is 12.2. The molecule has 1 heterocycles. The molecule has 1 aromatic carbocycles. The molecular weight excluding hydrogens is 333 g/mol. The molecule has 23 heavy (non-hydrogen) atoms. The van der Waals surface area contributed by atoms with Crippen LogP contribution in [-0.4, -0.2) is 36.5 Å². The SMILES string of the molecule is CC1CC(C)CN(CC(C)NC(=O)c2cccc(N)c2)C1.Cl.Cl. The van der Waals surface area contributed by atoms with E-state index in [1.807, 2.05) is 6.07 Å². The number of benzene rings is 1. The van der Waals surface area contributed by atoms with Gasteiger partial charge in [-0.05, 0) is 43.4 Å². The number of carbonyl (C=O) groups excluding carboxylic acids is 1. The Kier molecular flexibility index (Phi) is 9.59. The number of halogens is 2. The van der Waals surface area contributed by atoms with Gasteiger partial charge < -0.3 is 16.0 Å². The Balaban J connectivity index is 0.00000242. The number of nitrogens with two attached hydrogens (primary N) is 1. The van der Waals surface area contributed by atoms with Crippen molar-refractivity contribution in [3.63, 3.8) is 0 Å². The van der Waals surface area contributed by atoms with Crippen molar-refractivity contribution in [2.75, 3.05) is 25.4 Å². The predicted molar refractivity (Wildman–Crippen MR) is 102 cm³/mol. The Bertz CT molecular complexity index is 488. The van der Waals surface area contributed by atoms with E-state index in [4.69, 9.17) is 5.73 Å². The maximum absolute atomic E-state index is 12.2. The second-order valence-electron chi connectivity index (χ2n) is 6.66. The Morgan fingerprint density at radius 3 is 2.48 bits per heavy atom. The molecule has 6 heteroatoms. The molecule has 132 valence electrons. The zero-order valence-electron chi connectivity index (χ0n) is 14.1. The van der Waals surface area contributed by atoms with Crippen LogP contribution in [0.15, 0.2) is 24.3 Å². The van der Waals surface area contributed by atoms with E-state index in [9.17, 15) is 4.79 Å². The van der Waals surface area contributed by atoms with Crippen molar-refractivity contribution in [2.24, 2.45) is 11.8 Å². The molecule has 0 bridgehead atoms. The van der Waals surface area contributed by atoms with Crippen LogP contribution in [0.3, 0.4) is 0 Å². The van der Waals surface area contributed by atoms with Crippen LogP contribution in [0, 0.1) is 11.8 Å². The summed E-state index contributed by atoms with van der Waals surface area (Å²) in [5.74, 6) is 1.43. The van der Waals surface area contributed by atoms with E-state index in [2.05, 4.69) is 31.0 Å². The number of nitrogen functional groups attached to an aromatic ring is 1. The van der Waals surface area contributed by atoms with Crippen molar-refractivity contribution in [2.45, 2.75) is 33.2 Å². The lowest BCUT2D eigenvalue weighted by molar-refractivity contribution is 0.0905. The van der Waals surface area contributed by atoms with Crippen molar-refractivity contribution in [3.05, 3.63) is 29.8 Å². The first kappa shape index (κ1) is 22.0. The normalized spacial score (nSPS) is 22.4. The number of nitrogens with zero attached hydrogens (tertiary/aromatic N) is 1. The molecule has 4 nitrogen and oxygen atoms in total. The summed E-state index contributed by atoms with van der Waals surface area (Å²) in [5.41, 5.74) is 6.97. The van der Waals surface area contributed by atoms with Crippen molar-refractivity contribution in [1.29, 1.82) is 0 Å². The Morgan fingerprint density at radius 1 is 1.30 bits per heavy atom. The molecule has 1 aliphatic rings. The van der Waals surface area contributed by atoms with Crippen molar-refractivity contribution < 1.29 is 4.79 Å². The van der Waals surface area contributed by atoms with Gasteiger partial charge in [0.05, 0.1) is 0 Å². The van der Waals surface area contributed by atoms with E-state index in [0.29, 0.717) is 11.3 Å². The number of carbonyl (C=O) groups is 1. The first-order chi connectivity index (χ1) is 9.94. The Labute approximate surface area is 152 Å². The van der Waals surface area contributed by atoms with Gasteiger partial charge in [0.2, 0.25) is 0 Å². The van der Waals surface area contributed by atoms with E-state index in [0.717, 1.165) is 31.5 Å². The largest absolute Gasteiger partial charge is 0.399 e. The molecule has 1 fully saturated rings. The fourth-order valence-corrected chi connectivity index (χ4v) is 3.36. The van der Waals surface area contributed by atoms with E-state index < -0.39 is 0 Å². The quantitative estimate of drug-likeness (QED) is 0.809. The lowest BCUT2D eigenvalue weighted by Crippen LogP contribution is -2.47. The molecule has 1 aliphatic heterocycles. The second kappa shape index (κ2) is 10.0. The van der Waals surface area contributed by atoms with Gasteiger partial charge in [0.25, 0.3) is 5.91 Å². The average Bonchev–Trinajstić information content (AvgIpc) is 2.37. The monoisotopic (exact) mass is 361 g/mol. The number of piperidine rings is 1. The minimum absolute atomic E-state index is 0. The van der Waals surface area contributed by atoms with Crippen LogP contribution in [-0.2, 0) is 0 Å². The molecule has 3 unspecified atom stereocenters. The number of nitrogens with one attached hydrogen (secondary N) is 1. The molecule has 2 rings (SSSR count).